The van der Waals surface area contributed by atoms with Crippen molar-refractivity contribution in [1.29, 1.82) is 0 Å². The molecule has 1 aromatic carbocycles. The van der Waals surface area contributed by atoms with Crippen LogP contribution < -0.4 is 0 Å². The number of nitrogens with zero attached hydrogens (tertiary/aromatic N) is 5. The van der Waals surface area contributed by atoms with Crippen molar-refractivity contribution in [3.63, 3.8) is 0 Å². The highest BCUT2D eigenvalue weighted by Gasteiger charge is 2.27. The number of piperidine rings is 1. The molecule has 0 aliphatic carbocycles. The van der Waals surface area contributed by atoms with Crippen LogP contribution >= 0.6 is 0 Å². The lowest BCUT2D eigenvalue weighted by Gasteiger charge is -2.35. The molecule has 1 amide bonds. The minimum atomic E-state index is 0.175. The van der Waals surface area contributed by atoms with E-state index in [0.717, 1.165) is 37.2 Å². The number of rotatable bonds is 5. The van der Waals surface area contributed by atoms with Crippen LogP contribution in [0.15, 0.2) is 61.2 Å². The Bertz CT molecular complexity index is 840. The van der Waals surface area contributed by atoms with Crippen LogP contribution in [0.2, 0.25) is 0 Å². The molecule has 0 saturated carbocycles. The first-order valence-corrected chi connectivity index (χ1v) is 9.15. The summed E-state index contributed by atoms with van der Waals surface area (Å²) in [6.45, 7) is 1.60. The maximum Gasteiger partial charge on any atom is 0.227 e. The first kappa shape index (κ1) is 16.6. The lowest BCUT2D eigenvalue weighted by atomic mass is 10.0. The molecule has 134 valence electrons. The highest BCUT2D eigenvalue weighted by atomic mass is 16.2. The molecule has 0 bridgehead atoms. The Labute approximate surface area is 153 Å². The van der Waals surface area contributed by atoms with Gasteiger partial charge in [0, 0.05) is 25.1 Å². The average molecular weight is 349 g/mol. The van der Waals surface area contributed by atoms with Gasteiger partial charge in [0.1, 0.15) is 0 Å². The average Bonchev–Trinajstić information content (AvgIpc) is 3.35. The van der Waals surface area contributed by atoms with Crippen molar-refractivity contribution in [3.8, 4) is 5.69 Å². The predicted octanol–water partition coefficient (Wildman–Crippen LogP) is 2.69. The normalized spacial score (nSPS) is 17.4. The number of hydrogen-bond acceptors (Lipinski definition) is 3. The van der Waals surface area contributed by atoms with Gasteiger partial charge in [-0.25, -0.2) is 4.68 Å². The Hall–Kier alpha value is -2.89. The van der Waals surface area contributed by atoms with E-state index in [9.17, 15) is 4.79 Å². The fourth-order valence-electron chi connectivity index (χ4n) is 3.59. The first-order valence-electron chi connectivity index (χ1n) is 9.15. The molecule has 1 aliphatic rings. The minimum Gasteiger partial charge on any atom is -0.338 e. The van der Waals surface area contributed by atoms with Gasteiger partial charge < -0.3 is 4.90 Å². The third-order valence-corrected chi connectivity index (χ3v) is 4.92. The summed E-state index contributed by atoms with van der Waals surface area (Å²) >= 11 is 0. The van der Waals surface area contributed by atoms with Crippen LogP contribution in [-0.4, -0.2) is 43.0 Å². The van der Waals surface area contributed by atoms with E-state index < -0.39 is 0 Å². The zero-order valence-electron chi connectivity index (χ0n) is 14.7. The Morgan fingerprint density at radius 3 is 2.81 bits per heavy atom. The van der Waals surface area contributed by atoms with Crippen molar-refractivity contribution in [2.45, 2.75) is 38.3 Å². The second-order valence-electron chi connectivity index (χ2n) is 6.77. The molecule has 1 aliphatic heterocycles. The molecule has 2 aromatic heterocycles. The van der Waals surface area contributed by atoms with E-state index >= 15 is 0 Å². The standard InChI is InChI=1S/C20H23N5O/c26-20(13-17-14-22-25(15-17)18-7-2-1-3-8-18)24-12-5-4-9-19(24)16-23-11-6-10-21-23/h1-3,6-8,10-11,14-15,19H,4-5,9,12-13,16H2/t19-/m0/s1. The van der Waals surface area contributed by atoms with Crippen molar-refractivity contribution in [3.05, 3.63) is 66.7 Å². The molecule has 0 spiro atoms. The molecular weight excluding hydrogens is 326 g/mol. The Kier molecular flexibility index (Phi) is 4.82. The largest absolute Gasteiger partial charge is 0.338 e. The monoisotopic (exact) mass is 349 g/mol. The van der Waals surface area contributed by atoms with E-state index in [-0.39, 0.29) is 11.9 Å². The van der Waals surface area contributed by atoms with Gasteiger partial charge in [-0.2, -0.15) is 10.2 Å². The summed E-state index contributed by atoms with van der Waals surface area (Å²) in [6.07, 6.45) is 11.1. The molecule has 26 heavy (non-hydrogen) atoms. The summed E-state index contributed by atoms with van der Waals surface area (Å²) < 4.78 is 3.74. The Morgan fingerprint density at radius 2 is 2.00 bits per heavy atom. The van der Waals surface area contributed by atoms with Crippen LogP contribution in [0, 0.1) is 0 Å². The second kappa shape index (κ2) is 7.56. The molecule has 6 heteroatoms. The second-order valence-corrected chi connectivity index (χ2v) is 6.77. The fraction of sp³-hybridized carbons (Fsp3) is 0.350. The van der Waals surface area contributed by atoms with E-state index in [4.69, 9.17) is 0 Å². The number of carbonyl (C=O) groups is 1. The maximum absolute atomic E-state index is 12.9. The zero-order chi connectivity index (χ0) is 17.8. The van der Waals surface area contributed by atoms with Gasteiger partial charge >= 0.3 is 0 Å². The van der Waals surface area contributed by atoms with E-state index in [1.807, 2.05) is 63.1 Å². The van der Waals surface area contributed by atoms with E-state index in [0.29, 0.717) is 6.42 Å². The van der Waals surface area contributed by atoms with Gasteiger partial charge in [0.2, 0.25) is 5.91 Å². The molecule has 0 N–H and O–H groups in total. The van der Waals surface area contributed by atoms with E-state index in [1.165, 1.54) is 6.42 Å². The van der Waals surface area contributed by atoms with Crippen LogP contribution in [0.25, 0.3) is 5.69 Å². The summed E-state index contributed by atoms with van der Waals surface area (Å²) in [5, 5.41) is 8.69. The Balaban J connectivity index is 1.44. The molecule has 1 fully saturated rings. The third-order valence-electron chi connectivity index (χ3n) is 4.92. The topological polar surface area (TPSA) is 56.0 Å². The quantitative estimate of drug-likeness (QED) is 0.712. The number of para-hydroxylation sites is 1. The van der Waals surface area contributed by atoms with Crippen molar-refractivity contribution in [1.82, 2.24) is 24.5 Å². The molecular formula is C20H23N5O. The van der Waals surface area contributed by atoms with E-state index in [1.54, 1.807) is 12.4 Å². The van der Waals surface area contributed by atoms with Crippen molar-refractivity contribution < 1.29 is 4.79 Å². The van der Waals surface area contributed by atoms with Crippen LogP contribution in [0.5, 0.6) is 0 Å². The van der Waals surface area contributed by atoms with Crippen LogP contribution in [-0.2, 0) is 17.8 Å². The SMILES string of the molecule is O=C(Cc1cnn(-c2ccccc2)c1)N1CCCC[C@H]1Cn1cccn1. The van der Waals surface area contributed by atoms with Gasteiger partial charge in [-0.1, -0.05) is 18.2 Å². The van der Waals surface area contributed by atoms with Crippen LogP contribution in [0.4, 0.5) is 0 Å². The number of likely N-dealkylation sites (tertiary alicyclic amines) is 1. The van der Waals surface area contributed by atoms with Gasteiger partial charge in [0.25, 0.3) is 0 Å². The summed E-state index contributed by atoms with van der Waals surface area (Å²) in [6, 6.07) is 12.1. The predicted molar refractivity (Wildman–Crippen MR) is 98.8 cm³/mol. The molecule has 1 atom stereocenters. The zero-order valence-corrected chi connectivity index (χ0v) is 14.7. The molecule has 3 aromatic rings. The number of aromatic nitrogens is 4. The number of benzene rings is 1. The van der Waals surface area contributed by atoms with E-state index in [2.05, 4.69) is 10.2 Å². The lowest BCUT2D eigenvalue weighted by molar-refractivity contribution is -0.134. The number of amides is 1. The van der Waals surface area contributed by atoms with Gasteiger partial charge in [-0.3, -0.25) is 9.48 Å². The highest BCUT2D eigenvalue weighted by Crippen LogP contribution is 2.20. The minimum absolute atomic E-state index is 0.175. The third kappa shape index (κ3) is 3.69. The lowest BCUT2D eigenvalue weighted by Crippen LogP contribution is -2.46. The number of carbonyl (C=O) groups excluding carboxylic acids is 1. The molecule has 3 heterocycles. The summed E-state index contributed by atoms with van der Waals surface area (Å²) in [5.74, 6) is 0.175. The molecule has 1 saturated heterocycles. The Morgan fingerprint density at radius 1 is 1.12 bits per heavy atom. The smallest absolute Gasteiger partial charge is 0.227 e. The van der Waals surface area contributed by atoms with Gasteiger partial charge in [-0.05, 0) is 43.0 Å². The van der Waals surface area contributed by atoms with Crippen molar-refractivity contribution in [2.75, 3.05) is 6.54 Å². The number of hydrogen-bond donors (Lipinski definition) is 0. The summed E-state index contributed by atoms with van der Waals surface area (Å²) in [4.78, 5) is 14.9. The van der Waals surface area contributed by atoms with Gasteiger partial charge in [-0.15, -0.1) is 0 Å². The first-order chi connectivity index (χ1) is 12.8. The maximum atomic E-state index is 12.9. The van der Waals surface area contributed by atoms with Crippen molar-refractivity contribution in [2.24, 2.45) is 0 Å². The van der Waals surface area contributed by atoms with Crippen molar-refractivity contribution >= 4 is 5.91 Å². The molecule has 0 radical (unpaired) electrons. The summed E-state index contributed by atoms with van der Waals surface area (Å²) in [7, 11) is 0. The fourth-order valence-corrected chi connectivity index (χ4v) is 3.59. The van der Waals surface area contributed by atoms with Gasteiger partial charge in [0.05, 0.1) is 30.9 Å². The summed E-state index contributed by atoms with van der Waals surface area (Å²) in [5.41, 5.74) is 1.95. The highest BCUT2D eigenvalue weighted by molar-refractivity contribution is 5.79. The molecule has 6 nitrogen and oxygen atoms in total. The van der Waals surface area contributed by atoms with Crippen LogP contribution in [0.1, 0.15) is 24.8 Å². The van der Waals surface area contributed by atoms with Gasteiger partial charge in [0.15, 0.2) is 0 Å². The molecule has 0 unspecified atom stereocenters. The van der Waals surface area contributed by atoms with Crippen LogP contribution in [0.3, 0.4) is 0 Å². The molecule has 4 rings (SSSR count).